The summed E-state index contributed by atoms with van der Waals surface area (Å²) in [6.45, 7) is 7.04. The molecule has 16 heteroatoms. The quantitative estimate of drug-likeness (QED) is 0.111. The van der Waals surface area contributed by atoms with E-state index in [-0.39, 0.29) is 53.7 Å². The number of H-pyrrole nitrogens is 2. The average molecular weight is 875 g/mol. The lowest BCUT2D eigenvalue weighted by atomic mass is 9.89. The van der Waals surface area contributed by atoms with Crippen LogP contribution >= 0.6 is 0 Å². The number of fused-ring (bicyclic) bond motifs is 6. The molecule has 5 aliphatic rings. The number of likely N-dealkylation sites (tertiary alicyclic amines) is 2. The Morgan fingerprint density at radius 3 is 2.36 bits per heavy atom. The molecule has 3 unspecified atom stereocenters. The highest BCUT2D eigenvalue weighted by atomic mass is 19.1. The number of benzene rings is 3. The van der Waals surface area contributed by atoms with E-state index in [4.69, 9.17) is 24.2 Å². The van der Waals surface area contributed by atoms with Crippen molar-refractivity contribution < 1.29 is 37.8 Å². The van der Waals surface area contributed by atoms with Crippen LogP contribution in [0.25, 0.3) is 44.2 Å². The van der Waals surface area contributed by atoms with Gasteiger partial charge in [-0.15, -0.1) is 0 Å². The van der Waals surface area contributed by atoms with Crippen LogP contribution in [0.1, 0.15) is 83.0 Å². The van der Waals surface area contributed by atoms with Gasteiger partial charge in [-0.2, -0.15) is 0 Å². The first-order valence-corrected chi connectivity index (χ1v) is 22.6. The van der Waals surface area contributed by atoms with Gasteiger partial charge in [0.25, 0.3) is 0 Å². The SMILES string of the molecule is COC(=O)NC(C(=O)N1[C@@H]2CC[C@@H](C2)[C@H]1c1ncc(-c2ccc(-c3ccc4c(ccc5nc([C@@H]6CC7C([C@@H]7C)N6C(=O)[C@@H](NC(=O)OC)C(C)C)[nH]c54)c3)cc2F)[nH]1)C1CCOCC1. The molecule has 2 aromatic heterocycles. The molecule has 2 bridgehead atoms. The van der Waals surface area contributed by atoms with Crippen LogP contribution in [-0.4, -0.2) is 105 Å². The fourth-order valence-corrected chi connectivity index (χ4v) is 11.5. The molecule has 336 valence electrons. The van der Waals surface area contributed by atoms with Gasteiger partial charge in [0.2, 0.25) is 11.8 Å². The maximum atomic E-state index is 16.2. The number of nitrogens with one attached hydrogen (secondary N) is 4. The molecule has 5 heterocycles. The number of piperidine rings is 2. The molecule has 0 spiro atoms. The van der Waals surface area contributed by atoms with E-state index in [0.29, 0.717) is 66.4 Å². The standard InChI is InChI=1S/C48H55FN8O7/c1-23(2)38(54-47(60)62-4)45(58)57-37(21-33-24(3)41(33)57)43-51-35-13-9-28-18-26(7-11-31(28)40(35)53-43)27-8-12-32(34(49)20-27)36-22-50-44(52-36)42-29-6-10-30(19-29)56(42)46(59)39(55-48(61)63-5)25-14-16-64-17-15-25/h7-9,11-13,18,20,22-25,29-30,33,37-39,41-42H,6,10,14-17,19,21H2,1-5H3,(H,50,52)(H,51,53)(H,54,60)(H,55,61)/t24-,29+,30-,33?,37+,38+,39?,41?,42+/m1/s1. The number of methoxy groups -OCH3 is 2. The smallest absolute Gasteiger partial charge is 0.407 e. The molecule has 4 N–H and O–H groups in total. The third-order valence-electron chi connectivity index (χ3n) is 14.9. The maximum Gasteiger partial charge on any atom is 0.407 e. The molecule has 3 aliphatic heterocycles. The van der Waals surface area contributed by atoms with Crippen molar-refractivity contribution in [3.05, 3.63) is 72.2 Å². The van der Waals surface area contributed by atoms with Crippen LogP contribution < -0.4 is 10.6 Å². The molecule has 4 amide bonds. The topological polar surface area (TPSA) is 184 Å². The zero-order valence-electron chi connectivity index (χ0n) is 36.7. The Balaban J connectivity index is 0.885. The number of rotatable bonds is 10. The number of carbonyl (C=O) groups excluding carboxylic acids is 4. The Bertz CT molecular complexity index is 2640. The lowest BCUT2D eigenvalue weighted by Crippen LogP contribution is -2.55. The Hall–Kier alpha value is -6.03. The summed E-state index contributed by atoms with van der Waals surface area (Å²) in [5, 5.41) is 7.49. The number of alkyl carbamates (subject to hydrolysis) is 2. The molecule has 9 atom stereocenters. The van der Waals surface area contributed by atoms with Gasteiger partial charge in [0.1, 0.15) is 29.5 Å². The van der Waals surface area contributed by atoms with Crippen LogP contribution in [0, 0.1) is 35.4 Å². The van der Waals surface area contributed by atoms with Crippen molar-refractivity contribution in [2.24, 2.45) is 29.6 Å². The number of imidazole rings is 2. The van der Waals surface area contributed by atoms with Crippen LogP contribution in [0.3, 0.4) is 0 Å². The largest absolute Gasteiger partial charge is 0.453 e. The van der Waals surface area contributed by atoms with Gasteiger partial charge in [0.15, 0.2) is 0 Å². The molecule has 0 radical (unpaired) electrons. The highest BCUT2D eigenvalue weighted by Gasteiger charge is 2.61. The molecular formula is C48H55FN8O7. The second-order valence-corrected chi connectivity index (χ2v) is 18.7. The van der Waals surface area contributed by atoms with Crippen molar-refractivity contribution in [3.63, 3.8) is 0 Å². The summed E-state index contributed by atoms with van der Waals surface area (Å²) in [5.74, 6) is 1.38. The van der Waals surface area contributed by atoms with Crippen LogP contribution in [0.15, 0.2) is 54.7 Å². The second-order valence-electron chi connectivity index (χ2n) is 18.7. The highest BCUT2D eigenvalue weighted by Crippen LogP contribution is 2.58. The number of nitrogens with zero attached hydrogens (tertiary/aromatic N) is 4. The average Bonchev–Trinajstić information content (AvgIpc) is 4.03. The molecule has 5 fully saturated rings. The molecule has 3 aromatic carbocycles. The van der Waals surface area contributed by atoms with E-state index < -0.39 is 30.1 Å². The Labute approximate surface area is 370 Å². The van der Waals surface area contributed by atoms with Crippen LogP contribution in [-0.2, 0) is 23.8 Å². The summed E-state index contributed by atoms with van der Waals surface area (Å²) in [4.78, 5) is 73.6. The lowest BCUT2D eigenvalue weighted by Gasteiger charge is -2.39. The second kappa shape index (κ2) is 16.5. The number of hydrogen-bond donors (Lipinski definition) is 4. The molecule has 10 rings (SSSR count). The minimum absolute atomic E-state index is 0.0332. The van der Waals surface area contributed by atoms with Crippen LogP contribution in [0.5, 0.6) is 0 Å². The Morgan fingerprint density at radius 1 is 0.859 bits per heavy atom. The van der Waals surface area contributed by atoms with Crippen molar-refractivity contribution in [1.82, 2.24) is 40.4 Å². The van der Waals surface area contributed by atoms with E-state index in [1.54, 1.807) is 12.3 Å². The highest BCUT2D eigenvalue weighted by molar-refractivity contribution is 6.05. The zero-order chi connectivity index (χ0) is 44.6. The fraction of sp³-hybridized carbons (Fsp3) is 0.500. The summed E-state index contributed by atoms with van der Waals surface area (Å²) in [5.41, 5.74) is 4.10. The third kappa shape index (κ3) is 7.23. The van der Waals surface area contributed by atoms with Crippen molar-refractivity contribution in [1.29, 1.82) is 0 Å². The number of aromatic nitrogens is 4. The van der Waals surface area contributed by atoms with Gasteiger partial charge in [-0.3, -0.25) is 9.59 Å². The minimum atomic E-state index is -0.743. The van der Waals surface area contributed by atoms with E-state index in [0.717, 1.165) is 53.1 Å². The van der Waals surface area contributed by atoms with E-state index in [2.05, 4.69) is 27.5 Å². The van der Waals surface area contributed by atoms with Crippen molar-refractivity contribution in [2.45, 2.75) is 95.5 Å². The summed E-state index contributed by atoms with van der Waals surface area (Å²) in [6, 6.07) is 13.3. The number of halogens is 1. The van der Waals surface area contributed by atoms with E-state index in [1.165, 1.54) is 20.3 Å². The predicted molar refractivity (Wildman–Crippen MR) is 235 cm³/mol. The Kier molecular flexibility index (Phi) is 10.8. The van der Waals surface area contributed by atoms with Gasteiger partial charge < -0.3 is 44.6 Å². The number of amides is 4. The normalized spacial score (nSPS) is 26.0. The van der Waals surface area contributed by atoms with Crippen molar-refractivity contribution >= 4 is 45.8 Å². The summed E-state index contributed by atoms with van der Waals surface area (Å²) < 4.78 is 31.5. The molecule has 64 heavy (non-hydrogen) atoms. The summed E-state index contributed by atoms with van der Waals surface area (Å²) in [7, 11) is 2.59. The molecule has 2 saturated carbocycles. The monoisotopic (exact) mass is 874 g/mol. The van der Waals surface area contributed by atoms with E-state index in [1.807, 2.05) is 60.0 Å². The number of carbonyl (C=O) groups is 4. The summed E-state index contributed by atoms with van der Waals surface area (Å²) >= 11 is 0. The van der Waals surface area contributed by atoms with Gasteiger partial charge in [-0.1, -0.05) is 45.0 Å². The first-order chi connectivity index (χ1) is 30.9. The third-order valence-corrected chi connectivity index (χ3v) is 14.9. The molecule has 5 aromatic rings. The van der Waals surface area contributed by atoms with Gasteiger partial charge in [0.05, 0.1) is 49.2 Å². The molecule has 3 saturated heterocycles. The predicted octanol–water partition coefficient (Wildman–Crippen LogP) is 7.40. The first kappa shape index (κ1) is 42.0. The van der Waals surface area contributed by atoms with Crippen LogP contribution in [0.2, 0.25) is 0 Å². The van der Waals surface area contributed by atoms with Gasteiger partial charge in [-0.25, -0.2) is 23.9 Å². The van der Waals surface area contributed by atoms with Gasteiger partial charge in [-0.05, 0) is 109 Å². The number of ether oxygens (including phenoxy) is 3. The van der Waals surface area contributed by atoms with Gasteiger partial charge >= 0.3 is 12.2 Å². The minimum Gasteiger partial charge on any atom is -0.453 e. The number of aromatic amines is 2. The molecule has 2 aliphatic carbocycles. The summed E-state index contributed by atoms with van der Waals surface area (Å²) in [6.07, 6.45) is 5.16. The lowest BCUT2D eigenvalue weighted by molar-refractivity contribution is -0.140. The fourth-order valence-electron chi connectivity index (χ4n) is 11.5. The maximum absolute atomic E-state index is 16.2. The first-order valence-electron chi connectivity index (χ1n) is 22.6. The van der Waals surface area contributed by atoms with E-state index in [9.17, 15) is 19.2 Å². The van der Waals surface area contributed by atoms with Gasteiger partial charge in [0, 0.05) is 36.2 Å². The zero-order valence-corrected chi connectivity index (χ0v) is 36.7. The van der Waals surface area contributed by atoms with Crippen molar-refractivity contribution in [3.8, 4) is 22.4 Å². The van der Waals surface area contributed by atoms with Crippen molar-refractivity contribution in [2.75, 3.05) is 27.4 Å². The molecular weight excluding hydrogens is 820 g/mol. The van der Waals surface area contributed by atoms with Crippen LogP contribution in [0.4, 0.5) is 14.0 Å². The van der Waals surface area contributed by atoms with E-state index >= 15 is 4.39 Å². The molecule has 15 nitrogen and oxygen atoms in total. The Morgan fingerprint density at radius 2 is 1.61 bits per heavy atom. The number of hydrogen-bond acceptors (Lipinski definition) is 9.